The van der Waals surface area contributed by atoms with Crippen LogP contribution in [-0.4, -0.2) is 63.3 Å². The highest BCUT2D eigenvalue weighted by atomic mass is 16.5. The number of rotatable bonds is 12. The summed E-state index contributed by atoms with van der Waals surface area (Å²) in [5, 5.41) is 8.89. The van der Waals surface area contributed by atoms with Crippen LogP contribution in [0.25, 0.3) is 0 Å². The lowest BCUT2D eigenvalue weighted by molar-refractivity contribution is -0.129. The van der Waals surface area contributed by atoms with E-state index in [9.17, 15) is 14.4 Å². The van der Waals surface area contributed by atoms with Gasteiger partial charge in [0.25, 0.3) is 0 Å². The molecule has 0 saturated heterocycles. The summed E-state index contributed by atoms with van der Waals surface area (Å²) in [6.07, 6.45) is 0.149. The molecule has 0 atom stereocenters. The van der Waals surface area contributed by atoms with E-state index < -0.39 is 12.0 Å². The number of esters is 1. The fourth-order valence-corrected chi connectivity index (χ4v) is 3.99. The molecule has 3 N–H and O–H groups in total. The van der Waals surface area contributed by atoms with Crippen LogP contribution in [0.2, 0.25) is 0 Å². The van der Waals surface area contributed by atoms with Crippen LogP contribution in [-0.2, 0) is 16.0 Å². The number of anilines is 3. The van der Waals surface area contributed by atoms with Gasteiger partial charge in [0.1, 0.15) is 18.1 Å². The summed E-state index contributed by atoms with van der Waals surface area (Å²) < 4.78 is 16.2. The van der Waals surface area contributed by atoms with Crippen LogP contribution >= 0.6 is 0 Å². The van der Waals surface area contributed by atoms with Gasteiger partial charge in [0.2, 0.25) is 5.91 Å². The second-order valence-corrected chi connectivity index (χ2v) is 9.77. The third-order valence-corrected chi connectivity index (χ3v) is 6.22. The van der Waals surface area contributed by atoms with Gasteiger partial charge in [0.05, 0.1) is 44.1 Å². The number of amides is 3. The van der Waals surface area contributed by atoms with Gasteiger partial charge in [0, 0.05) is 18.8 Å². The first-order valence-electron chi connectivity index (χ1n) is 13.3. The van der Waals surface area contributed by atoms with Crippen molar-refractivity contribution in [3.63, 3.8) is 0 Å². The number of nitrogens with zero attached hydrogens (tertiary/aromatic N) is 1. The molecule has 218 valence electrons. The minimum atomic E-state index is -0.431. The van der Waals surface area contributed by atoms with Gasteiger partial charge in [0.15, 0.2) is 0 Å². The number of hydrogen-bond acceptors (Lipinski definition) is 7. The van der Waals surface area contributed by atoms with E-state index in [1.165, 1.54) is 14.2 Å². The molecule has 3 aromatic rings. The lowest BCUT2D eigenvalue weighted by Gasteiger charge is -2.20. The topological polar surface area (TPSA) is 118 Å². The molecule has 0 saturated carbocycles. The van der Waals surface area contributed by atoms with Crippen molar-refractivity contribution < 1.29 is 28.6 Å². The number of ether oxygens (including phenoxy) is 3. The number of nitrogens with one attached hydrogen (secondary N) is 3. The molecule has 0 heterocycles. The number of methoxy groups -OCH3 is 2. The molecule has 41 heavy (non-hydrogen) atoms. The van der Waals surface area contributed by atoms with Crippen molar-refractivity contribution in [3.05, 3.63) is 77.4 Å². The van der Waals surface area contributed by atoms with E-state index in [0.29, 0.717) is 40.7 Å². The van der Waals surface area contributed by atoms with Crippen molar-refractivity contribution in [1.82, 2.24) is 4.90 Å². The Balaban J connectivity index is 1.56. The third-order valence-electron chi connectivity index (χ3n) is 6.22. The average Bonchev–Trinajstić information content (AvgIpc) is 2.94. The summed E-state index contributed by atoms with van der Waals surface area (Å²) in [6, 6.07) is 17.5. The molecule has 0 spiro atoms. The molecule has 3 aromatic carbocycles. The number of hydrogen-bond donors (Lipinski definition) is 3. The number of carbonyl (C=O) groups excluding carboxylic acids is 3. The van der Waals surface area contributed by atoms with Crippen LogP contribution in [0.5, 0.6) is 11.5 Å². The van der Waals surface area contributed by atoms with E-state index in [2.05, 4.69) is 16.0 Å². The van der Waals surface area contributed by atoms with Crippen molar-refractivity contribution in [3.8, 4) is 11.5 Å². The lowest BCUT2D eigenvalue weighted by Crippen LogP contribution is -2.32. The zero-order valence-electron chi connectivity index (χ0n) is 24.4. The highest BCUT2D eigenvalue weighted by molar-refractivity contribution is 6.01. The number of aryl methyl sites for hydroxylation is 1. The second kappa shape index (κ2) is 14.6. The zero-order valence-corrected chi connectivity index (χ0v) is 24.4. The maximum atomic E-state index is 12.9. The largest absolute Gasteiger partial charge is 0.495 e. The molecule has 0 bridgehead atoms. The molecule has 0 aliphatic carbocycles. The summed E-state index contributed by atoms with van der Waals surface area (Å²) >= 11 is 0. The number of urea groups is 1. The van der Waals surface area contributed by atoms with Gasteiger partial charge in [-0.05, 0) is 68.3 Å². The lowest BCUT2D eigenvalue weighted by atomic mass is 10.1. The average molecular weight is 563 g/mol. The molecule has 10 nitrogen and oxygen atoms in total. The van der Waals surface area contributed by atoms with Gasteiger partial charge >= 0.3 is 12.0 Å². The number of likely N-dealkylation sites (N-methyl/N-ethyl adjacent to an activating group) is 1. The second-order valence-electron chi connectivity index (χ2n) is 9.77. The van der Waals surface area contributed by atoms with E-state index in [1.54, 1.807) is 48.3 Å². The third kappa shape index (κ3) is 8.89. The molecular formula is C31H38N4O6. The number of para-hydroxylation sites is 1. The Hall–Kier alpha value is -4.73. The summed E-state index contributed by atoms with van der Waals surface area (Å²) in [5.41, 5.74) is 3.97. The first kappa shape index (κ1) is 30.8. The molecule has 3 rings (SSSR count). The van der Waals surface area contributed by atoms with Crippen LogP contribution in [0.4, 0.5) is 21.9 Å². The van der Waals surface area contributed by atoms with Gasteiger partial charge in [-0.2, -0.15) is 0 Å². The molecule has 3 amide bonds. The molecule has 0 aliphatic heterocycles. The Morgan fingerprint density at radius 3 is 2.29 bits per heavy atom. The first-order valence-corrected chi connectivity index (χ1v) is 13.3. The van der Waals surface area contributed by atoms with E-state index in [0.717, 1.165) is 11.1 Å². The maximum absolute atomic E-state index is 12.9. The van der Waals surface area contributed by atoms with E-state index in [-0.39, 0.29) is 25.0 Å². The fourth-order valence-electron chi connectivity index (χ4n) is 3.99. The van der Waals surface area contributed by atoms with Gasteiger partial charge in [-0.3, -0.25) is 4.79 Å². The van der Waals surface area contributed by atoms with Crippen LogP contribution in [0.15, 0.2) is 60.7 Å². The van der Waals surface area contributed by atoms with Gasteiger partial charge in [-0.1, -0.05) is 24.3 Å². The smallest absolute Gasteiger partial charge is 0.337 e. The summed E-state index contributed by atoms with van der Waals surface area (Å²) in [7, 11) is 4.56. The fraction of sp³-hybridized carbons (Fsp3) is 0.323. The van der Waals surface area contributed by atoms with Crippen molar-refractivity contribution >= 4 is 35.0 Å². The Morgan fingerprint density at radius 2 is 1.61 bits per heavy atom. The van der Waals surface area contributed by atoms with Crippen LogP contribution < -0.4 is 25.4 Å². The zero-order chi connectivity index (χ0) is 29.9. The number of benzene rings is 3. The van der Waals surface area contributed by atoms with Crippen molar-refractivity contribution in [1.29, 1.82) is 0 Å². The highest BCUT2D eigenvalue weighted by Gasteiger charge is 2.15. The Bertz CT molecular complexity index is 1370. The van der Waals surface area contributed by atoms with Crippen LogP contribution in [0.3, 0.4) is 0 Å². The van der Waals surface area contributed by atoms with Gasteiger partial charge in [-0.25, -0.2) is 9.59 Å². The molecular weight excluding hydrogens is 524 g/mol. The van der Waals surface area contributed by atoms with Crippen molar-refractivity contribution in [2.45, 2.75) is 33.2 Å². The molecule has 0 aromatic heterocycles. The minimum absolute atomic E-state index is 0.102. The predicted octanol–water partition coefficient (Wildman–Crippen LogP) is 5.33. The molecule has 0 aliphatic rings. The SMILES string of the molecule is COC(=O)c1ccc(OCCN(C)C(=O)Cc2ccc(NC(=O)Nc3ccccc3C)c(OC)c2)c(NC(C)C)c1. The summed E-state index contributed by atoms with van der Waals surface area (Å²) in [4.78, 5) is 38.9. The summed E-state index contributed by atoms with van der Waals surface area (Å²) in [6.45, 7) is 6.50. The standard InChI is InChI=1S/C31H38N4O6/c1-20(2)32-26-19-23(30(37)40-6)12-14-27(26)41-16-15-35(4)29(36)18-22-11-13-25(28(17-22)39-5)34-31(38)33-24-10-8-7-9-21(24)3/h7-14,17,19-20,32H,15-16,18H2,1-6H3,(H2,33,34,38). The molecule has 10 heteroatoms. The van der Waals surface area contributed by atoms with E-state index in [1.807, 2.05) is 45.0 Å². The molecule has 0 fully saturated rings. The Labute approximate surface area is 241 Å². The Morgan fingerprint density at radius 1 is 0.878 bits per heavy atom. The van der Waals surface area contributed by atoms with E-state index in [4.69, 9.17) is 14.2 Å². The van der Waals surface area contributed by atoms with Crippen molar-refractivity contribution in [2.75, 3.05) is 50.4 Å². The van der Waals surface area contributed by atoms with Gasteiger partial charge < -0.3 is 35.1 Å². The molecule has 0 radical (unpaired) electrons. The minimum Gasteiger partial charge on any atom is -0.495 e. The summed E-state index contributed by atoms with van der Waals surface area (Å²) in [5.74, 6) is 0.489. The highest BCUT2D eigenvalue weighted by Crippen LogP contribution is 2.28. The van der Waals surface area contributed by atoms with Crippen LogP contribution in [0, 0.1) is 6.92 Å². The Kier molecular flexibility index (Phi) is 11.0. The van der Waals surface area contributed by atoms with E-state index >= 15 is 0 Å². The monoisotopic (exact) mass is 562 g/mol. The predicted molar refractivity (Wildman–Crippen MR) is 160 cm³/mol. The first-order chi connectivity index (χ1) is 19.6. The normalized spacial score (nSPS) is 10.5. The van der Waals surface area contributed by atoms with Crippen molar-refractivity contribution in [2.24, 2.45) is 0 Å². The van der Waals surface area contributed by atoms with Crippen LogP contribution in [0.1, 0.15) is 35.3 Å². The number of carbonyl (C=O) groups is 3. The maximum Gasteiger partial charge on any atom is 0.337 e. The van der Waals surface area contributed by atoms with Gasteiger partial charge in [-0.15, -0.1) is 0 Å². The molecule has 0 unspecified atom stereocenters. The quantitative estimate of drug-likeness (QED) is 0.255.